The van der Waals surface area contributed by atoms with Crippen molar-refractivity contribution in [2.75, 3.05) is 27.2 Å². The van der Waals surface area contributed by atoms with Crippen molar-refractivity contribution in [3.63, 3.8) is 0 Å². The summed E-state index contributed by atoms with van der Waals surface area (Å²) in [7, 11) is 4.05. The molecule has 0 bridgehead atoms. The molecule has 0 aliphatic carbocycles. The average Bonchev–Trinajstić information content (AvgIpc) is 3.13. The van der Waals surface area contributed by atoms with Crippen LogP contribution in [0.4, 0.5) is 0 Å². The van der Waals surface area contributed by atoms with Crippen molar-refractivity contribution in [1.82, 2.24) is 23.7 Å². The lowest BCUT2D eigenvalue weighted by molar-refractivity contribution is 0.255. The fourth-order valence-corrected chi connectivity index (χ4v) is 2.65. The predicted molar refractivity (Wildman–Crippen MR) is 85.5 cm³/mol. The lowest BCUT2D eigenvalue weighted by Crippen LogP contribution is -2.19. The third-order valence-corrected chi connectivity index (χ3v) is 3.74. The van der Waals surface area contributed by atoms with Crippen LogP contribution in [0, 0.1) is 0 Å². The molecule has 0 amide bonds. The Kier molecular flexibility index (Phi) is 2.97. The first kappa shape index (κ1) is 13.1. The van der Waals surface area contributed by atoms with Gasteiger partial charge in [-0.3, -0.25) is 8.80 Å². The van der Waals surface area contributed by atoms with Crippen molar-refractivity contribution in [2.45, 2.75) is 0 Å². The summed E-state index contributed by atoms with van der Waals surface area (Å²) >= 11 is 0. The van der Waals surface area contributed by atoms with Crippen LogP contribution in [0.2, 0.25) is 0 Å². The highest BCUT2D eigenvalue weighted by molar-refractivity contribution is 5.94. The van der Waals surface area contributed by atoms with Crippen LogP contribution in [-0.4, -0.2) is 50.9 Å². The number of fused-ring (bicyclic) bond motifs is 6. The Morgan fingerprint density at radius 3 is 2.91 bits per heavy atom. The molecule has 112 valence electrons. The first-order chi connectivity index (χ1) is 10.7. The molecule has 4 rings (SSSR count). The molecule has 0 atom stereocenters. The summed E-state index contributed by atoms with van der Waals surface area (Å²) in [6, 6.07) is 8.19. The van der Waals surface area contributed by atoms with Crippen LogP contribution in [0.1, 0.15) is 0 Å². The molecule has 3 aromatic heterocycles. The van der Waals surface area contributed by atoms with Gasteiger partial charge in [-0.15, -0.1) is 0 Å². The maximum Gasteiger partial charge on any atom is 0.232 e. The summed E-state index contributed by atoms with van der Waals surface area (Å²) in [6.45, 7) is 1.47. The highest BCUT2D eigenvalue weighted by Gasteiger charge is 2.12. The Morgan fingerprint density at radius 2 is 2.05 bits per heavy atom. The smallest absolute Gasteiger partial charge is 0.232 e. The number of aromatic nitrogens is 4. The van der Waals surface area contributed by atoms with E-state index in [9.17, 15) is 0 Å². The molecular formula is C16H17N5O. The van der Waals surface area contributed by atoms with Gasteiger partial charge >= 0.3 is 0 Å². The summed E-state index contributed by atoms with van der Waals surface area (Å²) in [5.41, 5.74) is 2.96. The molecule has 6 heteroatoms. The van der Waals surface area contributed by atoms with Crippen LogP contribution < -0.4 is 4.74 Å². The lowest BCUT2D eigenvalue weighted by Gasteiger charge is -2.08. The second kappa shape index (κ2) is 4.99. The Bertz CT molecular complexity index is 953. The van der Waals surface area contributed by atoms with Crippen molar-refractivity contribution in [3.8, 4) is 5.88 Å². The van der Waals surface area contributed by atoms with Crippen LogP contribution in [0.3, 0.4) is 0 Å². The molecule has 1 aromatic carbocycles. The van der Waals surface area contributed by atoms with Crippen molar-refractivity contribution < 1.29 is 4.74 Å². The quantitative estimate of drug-likeness (QED) is 0.578. The van der Waals surface area contributed by atoms with E-state index in [4.69, 9.17) is 4.74 Å². The molecule has 0 fully saturated rings. The van der Waals surface area contributed by atoms with E-state index < -0.39 is 0 Å². The molecule has 3 heterocycles. The van der Waals surface area contributed by atoms with Crippen LogP contribution in [0.25, 0.3) is 22.2 Å². The molecule has 22 heavy (non-hydrogen) atoms. The van der Waals surface area contributed by atoms with Crippen molar-refractivity contribution in [1.29, 1.82) is 0 Å². The summed E-state index contributed by atoms with van der Waals surface area (Å²) in [5, 5.41) is 1.08. The fourth-order valence-electron chi connectivity index (χ4n) is 2.65. The van der Waals surface area contributed by atoms with Gasteiger partial charge in [0.05, 0.1) is 17.9 Å². The van der Waals surface area contributed by atoms with Gasteiger partial charge in [0, 0.05) is 11.9 Å². The molecule has 0 spiro atoms. The van der Waals surface area contributed by atoms with Crippen molar-refractivity contribution in [2.24, 2.45) is 0 Å². The third kappa shape index (κ3) is 2.00. The standard InChI is InChI=1S/C16H17N5O/c1-19(2)7-8-22-14-10-20-15-9-17-11-21(15)13-6-4-3-5-12(13)16(20)18-14/h3-6,9-11H,7-8H2,1-2H3. The van der Waals surface area contributed by atoms with Crippen molar-refractivity contribution >= 4 is 22.2 Å². The number of ether oxygens (including phenoxy) is 1. The largest absolute Gasteiger partial charge is 0.475 e. The molecule has 0 N–H and O–H groups in total. The average molecular weight is 295 g/mol. The highest BCUT2D eigenvalue weighted by Crippen LogP contribution is 2.24. The van der Waals surface area contributed by atoms with E-state index in [2.05, 4.69) is 31.4 Å². The molecule has 0 saturated heterocycles. The molecule has 0 radical (unpaired) electrons. The van der Waals surface area contributed by atoms with Crippen LogP contribution in [0.5, 0.6) is 5.88 Å². The van der Waals surface area contributed by atoms with Gasteiger partial charge in [-0.05, 0) is 26.2 Å². The van der Waals surface area contributed by atoms with E-state index in [1.54, 1.807) is 0 Å². The second-order valence-corrected chi connectivity index (χ2v) is 5.56. The van der Waals surface area contributed by atoms with Crippen LogP contribution >= 0.6 is 0 Å². The topological polar surface area (TPSA) is 47.1 Å². The van der Waals surface area contributed by atoms with Crippen LogP contribution in [-0.2, 0) is 0 Å². The van der Waals surface area contributed by atoms with E-state index in [-0.39, 0.29) is 0 Å². The molecule has 4 aromatic rings. The van der Waals surface area contributed by atoms with Gasteiger partial charge in [-0.2, -0.15) is 4.98 Å². The summed E-state index contributed by atoms with van der Waals surface area (Å²) in [6.07, 6.45) is 5.59. The van der Waals surface area contributed by atoms with E-state index in [1.165, 1.54) is 0 Å². The summed E-state index contributed by atoms with van der Waals surface area (Å²) in [4.78, 5) is 11.0. The van der Waals surface area contributed by atoms with E-state index in [0.717, 1.165) is 28.7 Å². The monoisotopic (exact) mass is 295 g/mol. The molecule has 0 unspecified atom stereocenters. The third-order valence-electron chi connectivity index (χ3n) is 3.74. The lowest BCUT2D eigenvalue weighted by atomic mass is 10.2. The predicted octanol–water partition coefficient (Wildman–Crippen LogP) is 2.08. The van der Waals surface area contributed by atoms with E-state index >= 15 is 0 Å². The van der Waals surface area contributed by atoms with Crippen molar-refractivity contribution in [3.05, 3.63) is 43.0 Å². The second-order valence-electron chi connectivity index (χ2n) is 5.56. The normalized spacial score (nSPS) is 12.0. The Morgan fingerprint density at radius 1 is 1.18 bits per heavy atom. The van der Waals surface area contributed by atoms with E-state index in [1.807, 2.05) is 49.3 Å². The minimum absolute atomic E-state index is 0.615. The number of imidazole rings is 2. The highest BCUT2D eigenvalue weighted by atomic mass is 16.5. The zero-order chi connectivity index (χ0) is 15.1. The maximum absolute atomic E-state index is 5.77. The minimum Gasteiger partial charge on any atom is -0.475 e. The number of para-hydroxylation sites is 1. The van der Waals surface area contributed by atoms with E-state index in [0.29, 0.717) is 12.5 Å². The number of hydrogen-bond donors (Lipinski definition) is 0. The molecular weight excluding hydrogens is 278 g/mol. The maximum atomic E-state index is 5.77. The number of likely N-dealkylation sites (N-methyl/N-ethyl adjacent to an activating group) is 1. The molecule has 0 aliphatic heterocycles. The molecule has 6 nitrogen and oxygen atoms in total. The van der Waals surface area contributed by atoms with Gasteiger partial charge in [0.25, 0.3) is 0 Å². The zero-order valence-electron chi connectivity index (χ0n) is 12.6. The van der Waals surface area contributed by atoms with Gasteiger partial charge in [-0.25, -0.2) is 4.98 Å². The number of hydrogen-bond acceptors (Lipinski definition) is 4. The van der Waals surface area contributed by atoms with Gasteiger partial charge in [0.1, 0.15) is 18.6 Å². The number of nitrogens with zero attached hydrogens (tertiary/aromatic N) is 5. The number of rotatable bonds is 4. The summed E-state index contributed by atoms with van der Waals surface area (Å²) < 4.78 is 9.86. The molecule has 0 aliphatic rings. The molecule has 0 saturated carbocycles. The van der Waals surface area contributed by atoms with Gasteiger partial charge in [-0.1, -0.05) is 12.1 Å². The Labute approximate surface area is 127 Å². The Hall–Kier alpha value is -2.60. The fraction of sp³-hybridized carbons (Fsp3) is 0.250. The zero-order valence-corrected chi connectivity index (χ0v) is 12.6. The van der Waals surface area contributed by atoms with Gasteiger partial charge in [0.2, 0.25) is 5.88 Å². The van der Waals surface area contributed by atoms with Crippen LogP contribution in [0.15, 0.2) is 43.0 Å². The summed E-state index contributed by atoms with van der Waals surface area (Å²) in [5.74, 6) is 0.640. The van der Waals surface area contributed by atoms with Gasteiger partial charge in [0.15, 0.2) is 5.65 Å². The first-order valence-corrected chi connectivity index (χ1v) is 7.23. The first-order valence-electron chi connectivity index (χ1n) is 7.23. The number of benzene rings is 1. The SMILES string of the molecule is CN(C)CCOc1cn2c(n1)c1ccccc1n1cncc12. The minimum atomic E-state index is 0.615. The Balaban J connectivity index is 1.89. The van der Waals surface area contributed by atoms with Gasteiger partial charge < -0.3 is 9.64 Å².